The van der Waals surface area contributed by atoms with Crippen molar-refractivity contribution in [3.63, 3.8) is 0 Å². The maximum Gasteiger partial charge on any atom is 0.329 e. The summed E-state index contributed by atoms with van der Waals surface area (Å²) in [7, 11) is 0. The van der Waals surface area contributed by atoms with Crippen LogP contribution in [0.2, 0.25) is 5.02 Å². The van der Waals surface area contributed by atoms with Crippen LogP contribution in [0.25, 0.3) is 0 Å². The predicted molar refractivity (Wildman–Crippen MR) is 58.5 cm³/mol. The predicted octanol–water partition coefficient (Wildman–Crippen LogP) is 3.25. The third kappa shape index (κ3) is 2.21. The van der Waals surface area contributed by atoms with Crippen LogP contribution in [-0.2, 0) is 5.41 Å². The second-order valence-corrected chi connectivity index (χ2v) is 4.68. The number of phenolic OH excluding ortho intramolecular Hbond substituents is 1. The fraction of sp³-hybridized carbons (Fsp3) is 0.400. The Morgan fingerprint density at radius 2 is 1.93 bits per heavy atom. The number of benzene rings is 1. The van der Waals surface area contributed by atoms with Crippen molar-refractivity contribution < 1.29 is 10.0 Å². The maximum absolute atomic E-state index is 10.7. The third-order valence-electron chi connectivity index (χ3n) is 2.09. The summed E-state index contributed by atoms with van der Waals surface area (Å²) in [5, 5.41) is 20.0. The first-order valence-electron chi connectivity index (χ1n) is 4.41. The fourth-order valence-electron chi connectivity index (χ4n) is 1.31. The molecule has 1 aromatic carbocycles. The van der Waals surface area contributed by atoms with Crippen LogP contribution in [0.5, 0.6) is 5.75 Å². The normalized spacial score (nSPS) is 11.5. The van der Waals surface area contributed by atoms with E-state index in [9.17, 15) is 15.2 Å². The van der Waals surface area contributed by atoms with Gasteiger partial charge in [-0.3, -0.25) is 10.1 Å². The van der Waals surface area contributed by atoms with E-state index in [-0.39, 0.29) is 10.4 Å². The van der Waals surface area contributed by atoms with Gasteiger partial charge in [-0.2, -0.15) is 0 Å². The minimum Gasteiger partial charge on any atom is -0.502 e. The molecule has 0 aliphatic carbocycles. The van der Waals surface area contributed by atoms with Crippen molar-refractivity contribution in [1.29, 1.82) is 0 Å². The van der Waals surface area contributed by atoms with Gasteiger partial charge in [0.05, 0.1) is 4.92 Å². The van der Waals surface area contributed by atoms with Crippen LogP contribution in [0.4, 0.5) is 5.69 Å². The Labute approximate surface area is 92.6 Å². The average molecular weight is 230 g/mol. The van der Waals surface area contributed by atoms with Crippen LogP contribution in [0.1, 0.15) is 26.3 Å². The second kappa shape index (κ2) is 3.70. The van der Waals surface area contributed by atoms with Gasteiger partial charge in [0.15, 0.2) is 5.75 Å². The highest BCUT2D eigenvalue weighted by Crippen LogP contribution is 2.40. The Morgan fingerprint density at radius 1 is 1.40 bits per heavy atom. The molecule has 0 aliphatic rings. The molecule has 4 nitrogen and oxygen atoms in total. The maximum atomic E-state index is 10.7. The largest absolute Gasteiger partial charge is 0.502 e. The monoisotopic (exact) mass is 229 g/mol. The van der Waals surface area contributed by atoms with Gasteiger partial charge in [0.25, 0.3) is 0 Å². The van der Waals surface area contributed by atoms with E-state index in [0.29, 0.717) is 5.56 Å². The fourth-order valence-corrected chi connectivity index (χ4v) is 1.82. The first kappa shape index (κ1) is 11.8. The molecule has 0 amide bonds. The van der Waals surface area contributed by atoms with Crippen LogP contribution < -0.4 is 0 Å². The number of rotatable bonds is 1. The third-order valence-corrected chi connectivity index (χ3v) is 2.47. The van der Waals surface area contributed by atoms with Crippen molar-refractivity contribution >= 4 is 17.3 Å². The molecule has 0 spiro atoms. The Bertz CT molecular complexity index is 410. The van der Waals surface area contributed by atoms with E-state index in [4.69, 9.17) is 11.6 Å². The van der Waals surface area contributed by atoms with Gasteiger partial charge < -0.3 is 5.11 Å². The van der Waals surface area contributed by atoms with Gasteiger partial charge in [-0.15, -0.1) is 0 Å². The molecule has 5 heteroatoms. The summed E-state index contributed by atoms with van der Waals surface area (Å²) in [5.41, 5.74) is -0.0759. The van der Waals surface area contributed by atoms with E-state index in [1.165, 1.54) is 6.07 Å². The summed E-state index contributed by atoms with van der Waals surface area (Å²) in [6.07, 6.45) is 0. The van der Waals surface area contributed by atoms with E-state index >= 15 is 0 Å². The van der Waals surface area contributed by atoms with Crippen LogP contribution in [-0.4, -0.2) is 10.0 Å². The summed E-state index contributed by atoms with van der Waals surface area (Å²) in [5.74, 6) is -0.405. The minimum absolute atomic E-state index is 0.00694. The summed E-state index contributed by atoms with van der Waals surface area (Å²) >= 11 is 5.89. The second-order valence-electron chi connectivity index (χ2n) is 4.30. The molecule has 0 fully saturated rings. The quantitative estimate of drug-likeness (QED) is 0.594. The zero-order valence-electron chi connectivity index (χ0n) is 8.74. The van der Waals surface area contributed by atoms with E-state index < -0.39 is 16.4 Å². The van der Waals surface area contributed by atoms with E-state index in [1.54, 1.807) is 6.07 Å². The van der Waals surface area contributed by atoms with Crippen molar-refractivity contribution in [2.75, 3.05) is 0 Å². The van der Waals surface area contributed by atoms with Crippen molar-refractivity contribution in [3.05, 3.63) is 32.8 Å². The minimum atomic E-state index is -0.674. The van der Waals surface area contributed by atoms with Crippen LogP contribution in [0.3, 0.4) is 0 Å². The number of phenols is 1. The number of aromatic hydroxyl groups is 1. The van der Waals surface area contributed by atoms with Gasteiger partial charge in [-0.05, 0) is 17.0 Å². The molecule has 0 aromatic heterocycles. The highest BCUT2D eigenvalue weighted by atomic mass is 35.5. The van der Waals surface area contributed by atoms with Crippen LogP contribution >= 0.6 is 11.6 Å². The molecule has 15 heavy (non-hydrogen) atoms. The van der Waals surface area contributed by atoms with Crippen molar-refractivity contribution in [3.8, 4) is 5.75 Å². The summed E-state index contributed by atoms with van der Waals surface area (Å²) < 4.78 is 0. The smallest absolute Gasteiger partial charge is 0.329 e. The van der Waals surface area contributed by atoms with Crippen molar-refractivity contribution in [2.24, 2.45) is 0 Å². The first-order chi connectivity index (χ1) is 6.75. The Kier molecular flexibility index (Phi) is 2.90. The summed E-state index contributed by atoms with van der Waals surface area (Å²) in [4.78, 5) is 10.0. The van der Waals surface area contributed by atoms with Crippen molar-refractivity contribution in [1.82, 2.24) is 0 Å². The van der Waals surface area contributed by atoms with Crippen molar-refractivity contribution in [2.45, 2.75) is 26.2 Å². The molecule has 1 rings (SSSR count). The molecule has 0 atom stereocenters. The Hall–Kier alpha value is -1.29. The van der Waals surface area contributed by atoms with Crippen LogP contribution in [0, 0.1) is 10.1 Å². The molecular formula is C10H12ClNO3. The molecule has 0 heterocycles. The highest BCUT2D eigenvalue weighted by Gasteiger charge is 2.27. The molecule has 1 N–H and O–H groups in total. The number of nitrogens with zero attached hydrogens (tertiary/aromatic N) is 1. The number of nitro benzene ring substituents is 1. The summed E-state index contributed by atoms with van der Waals surface area (Å²) in [6, 6.07) is 2.90. The molecule has 1 aromatic rings. The Balaban J connectivity index is 3.49. The topological polar surface area (TPSA) is 63.4 Å². The number of hydrogen-bond acceptors (Lipinski definition) is 3. The SMILES string of the molecule is CC(C)(C)c1ccc(O)c([N+](=O)[O-])c1Cl. The van der Waals surface area contributed by atoms with E-state index in [0.717, 1.165) is 0 Å². The summed E-state index contributed by atoms with van der Waals surface area (Å²) in [6.45, 7) is 5.69. The molecule has 0 aliphatic heterocycles. The first-order valence-corrected chi connectivity index (χ1v) is 4.79. The standard InChI is InChI=1S/C10H12ClNO3/c1-10(2,3)6-4-5-7(13)9(8(6)11)12(14)15/h4-5,13H,1-3H3. The number of hydrogen-bond donors (Lipinski definition) is 1. The molecule has 0 bridgehead atoms. The Morgan fingerprint density at radius 3 is 2.33 bits per heavy atom. The lowest BCUT2D eigenvalue weighted by molar-refractivity contribution is -0.385. The molecule has 0 saturated carbocycles. The van der Waals surface area contributed by atoms with Gasteiger partial charge in [0, 0.05) is 0 Å². The van der Waals surface area contributed by atoms with E-state index in [1.807, 2.05) is 20.8 Å². The lowest BCUT2D eigenvalue weighted by atomic mass is 9.86. The van der Waals surface area contributed by atoms with Gasteiger partial charge in [0.2, 0.25) is 0 Å². The molecule has 82 valence electrons. The lowest BCUT2D eigenvalue weighted by Gasteiger charge is -2.20. The zero-order chi connectivity index (χ0) is 11.8. The molecule has 0 unspecified atom stereocenters. The highest BCUT2D eigenvalue weighted by molar-refractivity contribution is 6.33. The molecular weight excluding hydrogens is 218 g/mol. The van der Waals surface area contributed by atoms with Gasteiger partial charge in [0.1, 0.15) is 5.02 Å². The number of nitro groups is 1. The van der Waals surface area contributed by atoms with E-state index in [2.05, 4.69) is 0 Å². The van der Waals surface area contributed by atoms with Crippen LogP contribution in [0.15, 0.2) is 12.1 Å². The van der Waals surface area contributed by atoms with Gasteiger partial charge in [-0.25, -0.2) is 0 Å². The average Bonchev–Trinajstić information content (AvgIpc) is 2.00. The lowest BCUT2D eigenvalue weighted by Crippen LogP contribution is -2.12. The molecule has 0 saturated heterocycles. The number of halogens is 1. The molecule has 0 radical (unpaired) electrons. The van der Waals surface area contributed by atoms with Gasteiger partial charge in [-0.1, -0.05) is 38.4 Å². The van der Waals surface area contributed by atoms with Gasteiger partial charge >= 0.3 is 5.69 Å². The zero-order valence-corrected chi connectivity index (χ0v) is 9.50.